The van der Waals surface area contributed by atoms with Crippen molar-refractivity contribution in [2.75, 3.05) is 5.73 Å². The highest BCUT2D eigenvalue weighted by Gasteiger charge is 2.12. The van der Waals surface area contributed by atoms with Crippen LogP contribution in [0, 0.1) is 10.1 Å². The number of rotatable bonds is 3. The first kappa shape index (κ1) is 12.0. The summed E-state index contributed by atoms with van der Waals surface area (Å²) in [6.45, 7) is 0. The molecule has 3 rings (SSSR count). The summed E-state index contributed by atoms with van der Waals surface area (Å²) < 4.78 is 0. The zero-order chi connectivity index (χ0) is 14.1. The number of nitrogens with zero attached hydrogens (tertiary/aromatic N) is 4. The third kappa shape index (κ3) is 2.03. The number of nitro groups is 1. The monoisotopic (exact) mass is 270 g/mol. The standard InChI is InChI=1S/C12H10N6O2/c13-11-10-9(16-17-12(10)15-6-14-11)5-7-2-1-3-8(4-7)18(19)20/h1-4,6H,5H2,(H3,13,14,15,16,17). The Morgan fingerprint density at radius 2 is 2.20 bits per heavy atom. The van der Waals surface area contributed by atoms with E-state index in [1.54, 1.807) is 12.1 Å². The Kier molecular flexibility index (Phi) is 2.75. The second kappa shape index (κ2) is 4.57. The van der Waals surface area contributed by atoms with Crippen molar-refractivity contribution in [1.82, 2.24) is 20.2 Å². The molecule has 0 unspecified atom stereocenters. The van der Waals surface area contributed by atoms with Crippen molar-refractivity contribution in [2.24, 2.45) is 0 Å². The Morgan fingerprint density at radius 1 is 1.35 bits per heavy atom. The summed E-state index contributed by atoms with van der Waals surface area (Å²) in [5, 5.41) is 18.3. The van der Waals surface area contributed by atoms with Crippen LogP contribution in [0.25, 0.3) is 11.0 Å². The van der Waals surface area contributed by atoms with Gasteiger partial charge in [0.1, 0.15) is 12.1 Å². The average Bonchev–Trinajstić information content (AvgIpc) is 2.84. The molecule has 3 aromatic rings. The molecule has 0 saturated heterocycles. The molecule has 0 amide bonds. The topological polar surface area (TPSA) is 124 Å². The molecule has 0 atom stereocenters. The van der Waals surface area contributed by atoms with E-state index in [0.29, 0.717) is 23.3 Å². The van der Waals surface area contributed by atoms with E-state index >= 15 is 0 Å². The number of anilines is 1. The van der Waals surface area contributed by atoms with Crippen molar-refractivity contribution in [2.45, 2.75) is 6.42 Å². The first-order valence-corrected chi connectivity index (χ1v) is 5.82. The van der Waals surface area contributed by atoms with E-state index in [1.165, 1.54) is 18.5 Å². The van der Waals surface area contributed by atoms with Crippen LogP contribution in [0.1, 0.15) is 11.3 Å². The Balaban J connectivity index is 2.01. The molecule has 0 aliphatic heterocycles. The number of nitrogens with one attached hydrogen (secondary N) is 1. The second-order valence-electron chi connectivity index (χ2n) is 4.26. The van der Waals surface area contributed by atoms with Gasteiger partial charge in [0, 0.05) is 18.6 Å². The first-order chi connectivity index (χ1) is 9.65. The quantitative estimate of drug-likeness (QED) is 0.548. The highest BCUT2D eigenvalue weighted by Crippen LogP contribution is 2.22. The van der Waals surface area contributed by atoms with Gasteiger partial charge < -0.3 is 5.73 Å². The number of aromatic nitrogens is 4. The van der Waals surface area contributed by atoms with Gasteiger partial charge in [-0.3, -0.25) is 15.2 Å². The van der Waals surface area contributed by atoms with E-state index in [4.69, 9.17) is 5.73 Å². The lowest BCUT2D eigenvalue weighted by molar-refractivity contribution is -0.384. The maximum absolute atomic E-state index is 10.8. The van der Waals surface area contributed by atoms with Gasteiger partial charge >= 0.3 is 0 Å². The summed E-state index contributed by atoms with van der Waals surface area (Å²) in [6, 6.07) is 6.42. The smallest absolute Gasteiger partial charge is 0.269 e. The van der Waals surface area contributed by atoms with E-state index < -0.39 is 4.92 Å². The lowest BCUT2D eigenvalue weighted by atomic mass is 10.1. The Labute approximate surface area is 112 Å². The molecular weight excluding hydrogens is 260 g/mol. The Hall–Kier alpha value is -3.03. The zero-order valence-electron chi connectivity index (χ0n) is 10.3. The van der Waals surface area contributed by atoms with Gasteiger partial charge in [0.15, 0.2) is 5.65 Å². The van der Waals surface area contributed by atoms with Crippen LogP contribution in [-0.4, -0.2) is 25.1 Å². The normalized spacial score (nSPS) is 10.8. The number of nitro benzene ring substituents is 1. The number of hydrogen-bond acceptors (Lipinski definition) is 6. The fourth-order valence-corrected chi connectivity index (χ4v) is 2.05. The van der Waals surface area contributed by atoms with Gasteiger partial charge in [-0.15, -0.1) is 0 Å². The van der Waals surface area contributed by atoms with Gasteiger partial charge in [-0.25, -0.2) is 9.97 Å². The molecule has 20 heavy (non-hydrogen) atoms. The minimum atomic E-state index is -0.425. The third-order valence-electron chi connectivity index (χ3n) is 2.96. The lowest BCUT2D eigenvalue weighted by Crippen LogP contribution is -1.96. The molecule has 0 spiro atoms. The van der Waals surface area contributed by atoms with Gasteiger partial charge in [0.25, 0.3) is 5.69 Å². The zero-order valence-corrected chi connectivity index (χ0v) is 10.3. The van der Waals surface area contributed by atoms with Crippen LogP contribution in [0.2, 0.25) is 0 Å². The molecule has 3 N–H and O–H groups in total. The van der Waals surface area contributed by atoms with Crippen LogP contribution >= 0.6 is 0 Å². The van der Waals surface area contributed by atoms with Crippen LogP contribution in [0.15, 0.2) is 30.6 Å². The van der Waals surface area contributed by atoms with Gasteiger partial charge in [-0.2, -0.15) is 5.10 Å². The summed E-state index contributed by atoms with van der Waals surface area (Å²) in [6.07, 6.45) is 1.78. The van der Waals surface area contributed by atoms with Gasteiger partial charge in [-0.1, -0.05) is 12.1 Å². The van der Waals surface area contributed by atoms with Crippen molar-refractivity contribution < 1.29 is 4.92 Å². The molecule has 8 heteroatoms. The molecule has 0 bridgehead atoms. The fourth-order valence-electron chi connectivity index (χ4n) is 2.05. The molecule has 100 valence electrons. The van der Waals surface area contributed by atoms with Crippen molar-refractivity contribution in [3.63, 3.8) is 0 Å². The Morgan fingerprint density at radius 3 is 3.00 bits per heavy atom. The van der Waals surface area contributed by atoms with Crippen molar-refractivity contribution in [3.8, 4) is 0 Å². The number of H-pyrrole nitrogens is 1. The third-order valence-corrected chi connectivity index (χ3v) is 2.96. The highest BCUT2D eigenvalue weighted by atomic mass is 16.6. The summed E-state index contributed by atoms with van der Waals surface area (Å²) in [4.78, 5) is 18.3. The molecular formula is C12H10N6O2. The summed E-state index contributed by atoms with van der Waals surface area (Å²) in [5.41, 5.74) is 7.87. The molecule has 0 fully saturated rings. The van der Waals surface area contributed by atoms with E-state index in [-0.39, 0.29) is 5.69 Å². The predicted octanol–water partition coefficient (Wildman–Crippen LogP) is 1.43. The predicted molar refractivity (Wildman–Crippen MR) is 72.0 cm³/mol. The number of non-ortho nitro benzene ring substituents is 1. The molecule has 0 radical (unpaired) electrons. The summed E-state index contributed by atoms with van der Waals surface area (Å²) in [7, 11) is 0. The van der Waals surface area contributed by atoms with E-state index in [9.17, 15) is 10.1 Å². The molecule has 0 aliphatic carbocycles. The summed E-state index contributed by atoms with van der Waals surface area (Å²) in [5.74, 6) is 0.337. The van der Waals surface area contributed by atoms with Crippen LogP contribution in [0.5, 0.6) is 0 Å². The van der Waals surface area contributed by atoms with Crippen LogP contribution in [0.4, 0.5) is 11.5 Å². The van der Waals surface area contributed by atoms with Crippen LogP contribution in [0.3, 0.4) is 0 Å². The van der Waals surface area contributed by atoms with Crippen LogP contribution < -0.4 is 5.73 Å². The van der Waals surface area contributed by atoms with E-state index in [0.717, 1.165) is 11.3 Å². The minimum Gasteiger partial charge on any atom is -0.383 e. The lowest BCUT2D eigenvalue weighted by Gasteiger charge is -2.01. The Bertz CT molecular complexity index is 797. The number of aromatic amines is 1. The SMILES string of the molecule is Nc1ncnc2n[nH]c(Cc3cccc([N+](=O)[O-])c3)c12. The number of hydrogen-bond donors (Lipinski definition) is 2. The van der Waals surface area contributed by atoms with E-state index in [2.05, 4.69) is 20.2 Å². The maximum atomic E-state index is 10.8. The molecule has 8 nitrogen and oxygen atoms in total. The van der Waals surface area contributed by atoms with E-state index in [1.807, 2.05) is 0 Å². The fraction of sp³-hybridized carbons (Fsp3) is 0.0833. The minimum absolute atomic E-state index is 0.0514. The number of nitrogen functional groups attached to an aromatic ring is 1. The van der Waals surface area contributed by atoms with Gasteiger partial charge in [0.05, 0.1) is 16.0 Å². The maximum Gasteiger partial charge on any atom is 0.269 e. The summed E-state index contributed by atoms with van der Waals surface area (Å²) >= 11 is 0. The number of fused-ring (bicyclic) bond motifs is 1. The van der Waals surface area contributed by atoms with Crippen LogP contribution in [-0.2, 0) is 6.42 Å². The van der Waals surface area contributed by atoms with Gasteiger partial charge in [0.2, 0.25) is 0 Å². The molecule has 1 aromatic carbocycles. The van der Waals surface area contributed by atoms with Crippen molar-refractivity contribution in [3.05, 3.63) is 52.0 Å². The number of benzene rings is 1. The molecule has 2 heterocycles. The van der Waals surface area contributed by atoms with Crippen molar-refractivity contribution in [1.29, 1.82) is 0 Å². The van der Waals surface area contributed by atoms with Gasteiger partial charge in [-0.05, 0) is 5.56 Å². The van der Waals surface area contributed by atoms with Crippen molar-refractivity contribution >= 4 is 22.5 Å². The highest BCUT2D eigenvalue weighted by molar-refractivity contribution is 5.87. The molecule has 0 saturated carbocycles. The largest absolute Gasteiger partial charge is 0.383 e. The average molecular weight is 270 g/mol. The number of nitrogens with two attached hydrogens (primary N) is 1. The first-order valence-electron chi connectivity index (χ1n) is 5.82. The molecule has 2 aromatic heterocycles. The second-order valence-corrected chi connectivity index (χ2v) is 4.26. The molecule has 0 aliphatic rings.